The lowest BCUT2D eigenvalue weighted by Gasteiger charge is -2.33. The van der Waals surface area contributed by atoms with Crippen molar-refractivity contribution in [3.05, 3.63) is 0 Å². The van der Waals surface area contributed by atoms with Crippen molar-refractivity contribution in [1.82, 2.24) is 10.2 Å². The lowest BCUT2D eigenvalue weighted by atomic mass is 10.0. The number of likely N-dealkylation sites (N-methyl/N-ethyl adjacent to an activating group) is 1. The highest BCUT2D eigenvalue weighted by molar-refractivity contribution is 5.86. The number of aliphatic hydroxyl groups is 1. The highest BCUT2D eigenvalue weighted by Crippen LogP contribution is 2.25. The number of carbonyl (C=O) groups is 1. The molecule has 0 aromatic rings. The van der Waals surface area contributed by atoms with E-state index in [1.807, 2.05) is 25.7 Å². The van der Waals surface area contributed by atoms with Crippen molar-refractivity contribution < 1.29 is 9.90 Å². The molecule has 16 heavy (non-hydrogen) atoms. The molecule has 0 aliphatic carbocycles. The van der Waals surface area contributed by atoms with E-state index in [1.165, 1.54) is 0 Å². The summed E-state index contributed by atoms with van der Waals surface area (Å²) >= 11 is 0. The molecule has 1 aliphatic heterocycles. The van der Waals surface area contributed by atoms with E-state index in [0.29, 0.717) is 5.92 Å². The third-order valence-corrected chi connectivity index (χ3v) is 3.48. The van der Waals surface area contributed by atoms with Gasteiger partial charge in [-0.05, 0) is 32.7 Å². The molecule has 1 heterocycles. The van der Waals surface area contributed by atoms with Crippen molar-refractivity contribution in [2.45, 2.75) is 45.7 Å². The molecule has 2 unspecified atom stereocenters. The summed E-state index contributed by atoms with van der Waals surface area (Å²) in [7, 11) is 0. The van der Waals surface area contributed by atoms with Crippen molar-refractivity contribution in [2.75, 3.05) is 19.7 Å². The molecular formula is C12H24N2O2. The maximum atomic E-state index is 12.3. The van der Waals surface area contributed by atoms with Crippen LogP contribution in [0.5, 0.6) is 0 Å². The lowest BCUT2D eigenvalue weighted by molar-refractivity contribution is -0.139. The highest BCUT2D eigenvalue weighted by Gasteiger charge is 2.39. The Balaban J connectivity index is 2.74. The van der Waals surface area contributed by atoms with Crippen molar-refractivity contribution in [1.29, 1.82) is 0 Å². The second-order valence-corrected chi connectivity index (χ2v) is 5.17. The first-order chi connectivity index (χ1) is 7.44. The van der Waals surface area contributed by atoms with Crippen molar-refractivity contribution in [3.8, 4) is 0 Å². The summed E-state index contributed by atoms with van der Waals surface area (Å²) in [6, 6.07) is -0.00886. The Labute approximate surface area is 98.0 Å². The van der Waals surface area contributed by atoms with Crippen LogP contribution in [0.25, 0.3) is 0 Å². The number of carbonyl (C=O) groups excluding carboxylic acids is 1. The Bertz CT molecular complexity index is 253. The van der Waals surface area contributed by atoms with Crippen molar-refractivity contribution in [3.63, 3.8) is 0 Å². The minimum absolute atomic E-state index is 0.00886. The zero-order valence-corrected chi connectivity index (χ0v) is 10.8. The summed E-state index contributed by atoms with van der Waals surface area (Å²) in [5, 5.41) is 12.5. The standard InChI is InChI=1S/C12H24N2O2/c1-5-13-12(3,4)11(16)14-7-6-9(2)10(14)8-15/h9-10,13,15H,5-8H2,1-4H3. The molecule has 1 amide bonds. The van der Waals surface area contributed by atoms with Gasteiger partial charge in [0.2, 0.25) is 5.91 Å². The van der Waals surface area contributed by atoms with Gasteiger partial charge in [-0.2, -0.15) is 0 Å². The predicted molar refractivity (Wildman–Crippen MR) is 64.1 cm³/mol. The number of aliphatic hydroxyl groups excluding tert-OH is 1. The summed E-state index contributed by atoms with van der Waals surface area (Å²) in [5.41, 5.74) is -0.535. The fourth-order valence-electron chi connectivity index (χ4n) is 2.42. The van der Waals surface area contributed by atoms with Gasteiger partial charge in [0.15, 0.2) is 0 Å². The number of hydrogen-bond acceptors (Lipinski definition) is 3. The molecule has 4 nitrogen and oxygen atoms in total. The van der Waals surface area contributed by atoms with Crippen LogP contribution in [0.2, 0.25) is 0 Å². The minimum Gasteiger partial charge on any atom is -0.394 e. The molecule has 1 saturated heterocycles. The van der Waals surface area contributed by atoms with Gasteiger partial charge in [-0.25, -0.2) is 0 Å². The van der Waals surface area contributed by atoms with Crippen LogP contribution >= 0.6 is 0 Å². The van der Waals surface area contributed by atoms with Crippen LogP contribution < -0.4 is 5.32 Å². The maximum absolute atomic E-state index is 12.3. The van der Waals surface area contributed by atoms with Gasteiger partial charge in [0.05, 0.1) is 18.2 Å². The second kappa shape index (κ2) is 5.15. The molecule has 1 rings (SSSR count). The summed E-state index contributed by atoms with van der Waals surface area (Å²) in [5.74, 6) is 0.490. The fraction of sp³-hybridized carbons (Fsp3) is 0.917. The average molecular weight is 228 g/mol. The third kappa shape index (κ3) is 2.55. The first-order valence-electron chi connectivity index (χ1n) is 6.11. The van der Waals surface area contributed by atoms with Gasteiger partial charge in [0.1, 0.15) is 0 Å². The maximum Gasteiger partial charge on any atom is 0.242 e. The number of rotatable bonds is 4. The van der Waals surface area contributed by atoms with Crippen LogP contribution in [-0.4, -0.2) is 47.2 Å². The molecule has 2 atom stereocenters. The van der Waals surface area contributed by atoms with Gasteiger partial charge >= 0.3 is 0 Å². The third-order valence-electron chi connectivity index (χ3n) is 3.48. The Morgan fingerprint density at radius 3 is 2.69 bits per heavy atom. The molecule has 0 aromatic carbocycles. The second-order valence-electron chi connectivity index (χ2n) is 5.17. The van der Waals surface area contributed by atoms with Crippen LogP contribution in [-0.2, 0) is 4.79 Å². The van der Waals surface area contributed by atoms with E-state index in [0.717, 1.165) is 19.5 Å². The molecule has 1 aliphatic rings. The quantitative estimate of drug-likeness (QED) is 0.741. The van der Waals surface area contributed by atoms with Crippen LogP contribution in [0.15, 0.2) is 0 Å². The molecule has 94 valence electrons. The molecule has 2 N–H and O–H groups in total. The van der Waals surface area contributed by atoms with Crippen LogP contribution in [0.1, 0.15) is 34.1 Å². The zero-order chi connectivity index (χ0) is 12.3. The molecular weight excluding hydrogens is 204 g/mol. The lowest BCUT2D eigenvalue weighted by Crippen LogP contribution is -2.56. The number of nitrogens with one attached hydrogen (secondary N) is 1. The van der Waals surface area contributed by atoms with E-state index in [1.54, 1.807) is 0 Å². The van der Waals surface area contributed by atoms with Crippen molar-refractivity contribution >= 4 is 5.91 Å². The van der Waals surface area contributed by atoms with Gasteiger partial charge in [-0.1, -0.05) is 13.8 Å². The number of likely N-dealkylation sites (tertiary alicyclic amines) is 1. The zero-order valence-electron chi connectivity index (χ0n) is 10.8. The van der Waals surface area contributed by atoms with Gasteiger partial charge in [-0.3, -0.25) is 4.79 Å². The molecule has 0 saturated carbocycles. The van der Waals surface area contributed by atoms with E-state index >= 15 is 0 Å². The van der Waals surface area contributed by atoms with E-state index < -0.39 is 5.54 Å². The van der Waals surface area contributed by atoms with E-state index in [-0.39, 0.29) is 18.6 Å². The normalized spacial score (nSPS) is 26.2. The van der Waals surface area contributed by atoms with Gasteiger partial charge in [0, 0.05) is 6.54 Å². The molecule has 1 fully saturated rings. The molecule has 0 aromatic heterocycles. The highest BCUT2D eigenvalue weighted by atomic mass is 16.3. The van der Waals surface area contributed by atoms with Gasteiger partial charge in [0.25, 0.3) is 0 Å². The van der Waals surface area contributed by atoms with Gasteiger partial charge in [-0.15, -0.1) is 0 Å². The molecule has 0 bridgehead atoms. The number of hydrogen-bond donors (Lipinski definition) is 2. The molecule has 0 spiro atoms. The van der Waals surface area contributed by atoms with Crippen LogP contribution in [0, 0.1) is 5.92 Å². The summed E-state index contributed by atoms with van der Waals surface area (Å²) in [4.78, 5) is 14.2. The summed E-state index contributed by atoms with van der Waals surface area (Å²) < 4.78 is 0. The van der Waals surface area contributed by atoms with E-state index in [2.05, 4.69) is 12.2 Å². The predicted octanol–water partition coefficient (Wildman–Crippen LogP) is 0.604. The SMILES string of the molecule is CCNC(C)(C)C(=O)N1CCC(C)C1CO. The Morgan fingerprint density at radius 1 is 1.56 bits per heavy atom. The Morgan fingerprint density at radius 2 is 2.19 bits per heavy atom. The fourth-order valence-corrected chi connectivity index (χ4v) is 2.42. The topological polar surface area (TPSA) is 52.6 Å². The molecule has 0 radical (unpaired) electrons. The number of nitrogens with zero attached hydrogens (tertiary/aromatic N) is 1. The smallest absolute Gasteiger partial charge is 0.242 e. The first kappa shape index (κ1) is 13.5. The number of amides is 1. The summed E-state index contributed by atoms with van der Waals surface area (Å²) in [6.45, 7) is 9.48. The Kier molecular flexibility index (Phi) is 4.33. The monoisotopic (exact) mass is 228 g/mol. The van der Waals surface area contributed by atoms with E-state index in [9.17, 15) is 9.90 Å². The van der Waals surface area contributed by atoms with Crippen LogP contribution in [0.4, 0.5) is 0 Å². The largest absolute Gasteiger partial charge is 0.394 e. The summed E-state index contributed by atoms with van der Waals surface area (Å²) in [6.07, 6.45) is 0.985. The minimum atomic E-state index is -0.535. The van der Waals surface area contributed by atoms with Crippen molar-refractivity contribution in [2.24, 2.45) is 5.92 Å². The van der Waals surface area contributed by atoms with E-state index in [4.69, 9.17) is 0 Å². The molecule has 4 heteroatoms. The van der Waals surface area contributed by atoms with Gasteiger partial charge < -0.3 is 15.3 Å². The first-order valence-corrected chi connectivity index (χ1v) is 6.11. The average Bonchev–Trinajstić information content (AvgIpc) is 2.58. The Hall–Kier alpha value is -0.610. The van der Waals surface area contributed by atoms with Crippen LogP contribution in [0.3, 0.4) is 0 Å².